The fourth-order valence-corrected chi connectivity index (χ4v) is 2.72. The van der Waals surface area contributed by atoms with Crippen LogP contribution in [0.15, 0.2) is 79.9 Å². The maximum atomic E-state index is 12.6. The van der Waals surface area contributed by atoms with Gasteiger partial charge in [0, 0.05) is 11.1 Å². The van der Waals surface area contributed by atoms with Gasteiger partial charge in [-0.2, -0.15) is 0 Å². The Labute approximate surface area is 137 Å². The molecule has 2 aromatic carbocycles. The number of aromatic hydroxyl groups is 1. The van der Waals surface area contributed by atoms with Crippen LogP contribution in [0.3, 0.4) is 0 Å². The lowest BCUT2D eigenvalue weighted by molar-refractivity contribution is 0.0896. The number of carbonyl (C=O) groups is 1. The highest BCUT2D eigenvalue weighted by Crippen LogP contribution is 2.36. The molecule has 0 heterocycles. The third-order valence-electron chi connectivity index (χ3n) is 3.79. The van der Waals surface area contributed by atoms with Crippen LogP contribution < -0.4 is 5.32 Å². The van der Waals surface area contributed by atoms with Gasteiger partial charge in [0.25, 0.3) is 5.91 Å². The average Bonchev–Trinajstić information content (AvgIpc) is 2.56. The first-order valence-electron chi connectivity index (χ1n) is 7.51. The van der Waals surface area contributed by atoms with Gasteiger partial charge in [0.15, 0.2) is 0 Å². The van der Waals surface area contributed by atoms with E-state index in [4.69, 9.17) is 0 Å². The first-order chi connectivity index (χ1) is 11.1. The fourth-order valence-electron chi connectivity index (χ4n) is 2.72. The average molecular weight is 307 g/mol. The molecule has 23 heavy (non-hydrogen) atoms. The van der Waals surface area contributed by atoms with Crippen LogP contribution in [0.25, 0.3) is 0 Å². The Hall–Kier alpha value is -2.81. The van der Waals surface area contributed by atoms with E-state index in [0.29, 0.717) is 24.0 Å². The summed E-state index contributed by atoms with van der Waals surface area (Å²) in [5.41, 5.74) is 0.450. The summed E-state index contributed by atoms with van der Waals surface area (Å²) in [7, 11) is 0. The van der Waals surface area contributed by atoms with E-state index in [1.165, 1.54) is 0 Å². The topological polar surface area (TPSA) is 49.3 Å². The second kappa shape index (κ2) is 7.45. The summed E-state index contributed by atoms with van der Waals surface area (Å²) >= 11 is 0. The zero-order valence-electron chi connectivity index (χ0n) is 13.0. The van der Waals surface area contributed by atoms with E-state index in [2.05, 4.69) is 18.5 Å². The van der Waals surface area contributed by atoms with Crippen LogP contribution in [-0.2, 0) is 5.54 Å². The molecule has 118 valence electrons. The fraction of sp³-hybridized carbons (Fsp3) is 0.150. The Morgan fingerprint density at radius 3 is 2.13 bits per heavy atom. The standard InChI is InChI=1S/C20H21NO2/c1-3-14-20(15-4-2,17-12-8-9-13-18(17)22)21-19(23)16-10-6-5-7-11-16/h3-13,22H,1-2,14-15H2,(H,21,23). The Kier molecular flexibility index (Phi) is 5.36. The van der Waals surface area contributed by atoms with Crippen molar-refractivity contribution in [3.63, 3.8) is 0 Å². The number of hydrogen-bond donors (Lipinski definition) is 2. The quantitative estimate of drug-likeness (QED) is 0.754. The van der Waals surface area contributed by atoms with E-state index in [1.54, 1.807) is 36.4 Å². The van der Waals surface area contributed by atoms with Gasteiger partial charge in [-0.15, -0.1) is 13.2 Å². The number of para-hydroxylation sites is 1. The summed E-state index contributed by atoms with van der Waals surface area (Å²) in [6, 6.07) is 16.0. The van der Waals surface area contributed by atoms with Crippen LogP contribution >= 0.6 is 0 Å². The molecule has 0 aliphatic carbocycles. The van der Waals surface area contributed by atoms with Crippen molar-refractivity contribution in [2.45, 2.75) is 18.4 Å². The summed E-state index contributed by atoms with van der Waals surface area (Å²) in [5.74, 6) is -0.0536. The van der Waals surface area contributed by atoms with E-state index >= 15 is 0 Å². The van der Waals surface area contributed by atoms with Crippen molar-refractivity contribution in [3.05, 3.63) is 91.0 Å². The second-order valence-corrected chi connectivity index (χ2v) is 5.41. The summed E-state index contributed by atoms with van der Waals surface area (Å²) in [5, 5.41) is 13.3. The van der Waals surface area contributed by atoms with Crippen LogP contribution in [0.4, 0.5) is 0 Å². The first kappa shape index (κ1) is 16.6. The predicted octanol–water partition coefficient (Wildman–Crippen LogP) is 4.17. The Bertz CT molecular complexity index is 682. The lowest BCUT2D eigenvalue weighted by atomic mass is 9.82. The number of carbonyl (C=O) groups excluding carboxylic acids is 1. The Morgan fingerprint density at radius 1 is 1.00 bits per heavy atom. The number of phenolic OH excluding ortho intramolecular Hbond substituents is 1. The maximum Gasteiger partial charge on any atom is 0.251 e. The van der Waals surface area contributed by atoms with Crippen LogP contribution in [0.1, 0.15) is 28.8 Å². The minimum absolute atomic E-state index is 0.143. The summed E-state index contributed by atoms with van der Waals surface area (Å²) in [6.45, 7) is 7.59. The highest BCUT2D eigenvalue weighted by atomic mass is 16.3. The largest absolute Gasteiger partial charge is 0.508 e. The number of hydrogen-bond acceptors (Lipinski definition) is 2. The predicted molar refractivity (Wildman–Crippen MR) is 93.3 cm³/mol. The molecule has 1 amide bonds. The molecule has 2 aromatic rings. The summed E-state index contributed by atoms with van der Waals surface area (Å²) in [6.07, 6.45) is 4.44. The van der Waals surface area contributed by atoms with Crippen molar-refractivity contribution < 1.29 is 9.90 Å². The van der Waals surface area contributed by atoms with Gasteiger partial charge in [0.2, 0.25) is 0 Å². The van der Waals surface area contributed by atoms with Crippen molar-refractivity contribution in [2.24, 2.45) is 0 Å². The molecular weight excluding hydrogens is 286 g/mol. The number of benzene rings is 2. The van der Waals surface area contributed by atoms with Gasteiger partial charge >= 0.3 is 0 Å². The van der Waals surface area contributed by atoms with Crippen molar-refractivity contribution >= 4 is 5.91 Å². The van der Waals surface area contributed by atoms with E-state index < -0.39 is 5.54 Å². The highest BCUT2D eigenvalue weighted by molar-refractivity contribution is 5.94. The van der Waals surface area contributed by atoms with E-state index in [-0.39, 0.29) is 11.7 Å². The Morgan fingerprint density at radius 2 is 1.57 bits per heavy atom. The van der Waals surface area contributed by atoms with Crippen LogP contribution in [0.2, 0.25) is 0 Å². The van der Waals surface area contributed by atoms with Crippen LogP contribution in [-0.4, -0.2) is 11.0 Å². The lowest BCUT2D eigenvalue weighted by Gasteiger charge is -2.34. The molecule has 2 rings (SSSR count). The minimum atomic E-state index is -0.776. The molecule has 0 atom stereocenters. The number of nitrogens with one attached hydrogen (secondary N) is 1. The molecule has 0 aliphatic heterocycles. The van der Waals surface area contributed by atoms with Gasteiger partial charge in [0.05, 0.1) is 5.54 Å². The molecule has 0 spiro atoms. The molecule has 0 bridgehead atoms. The minimum Gasteiger partial charge on any atom is -0.508 e. The van der Waals surface area contributed by atoms with Gasteiger partial charge < -0.3 is 10.4 Å². The summed E-state index contributed by atoms with van der Waals surface area (Å²) in [4.78, 5) is 12.6. The number of phenols is 1. The first-order valence-corrected chi connectivity index (χ1v) is 7.51. The molecular formula is C20H21NO2. The zero-order valence-corrected chi connectivity index (χ0v) is 13.0. The zero-order chi connectivity index (χ0) is 16.7. The molecule has 3 heteroatoms. The van der Waals surface area contributed by atoms with Gasteiger partial charge in [-0.05, 0) is 31.0 Å². The molecule has 0 fully saturated rings. The van der Waals surface area contributed by atoms with Crippen LogP contribution in [0.5, 0.6) is 5.75 Å². The van der Waals surface area contributed by atoms with Crippen molar-refractivity contribution in [1.29, 1.82) is 0 Å². The molecule has 0 radical (unpaired) electrons. The van der Waals surface area contributed by atoms with Crippen molar-refractivity contribution in [1.82, 2.24) is 5.32 Å². The molecule has 0 aliphatic rings. The normalized spacial score (nSPS) is 10.8. The van der Waals surface area contributed by atoms with Gasteiger partial charge in [-0.1, -0.05) is 48.6 Å². The van der Waals surface area contributed by atoms with Crippen LogP contribution in [0, 0.1) is 0 Å². The molecule has 2 N–H and O–H groups in total. The Balaban J connectivity index is 2.45. The van der Waals surface area contributed by atoms with E-state index in [0.717, 1.165) is 0 Å². The molecule has 0 unspecified atom stereocenters. The molecule has 0 saturated heterocycles. The summed E-state index contributed by atoms with van der Waals surface area (Å²) < 4.78 is 0. The molecule has 0 aromatic heterocycles. The second-order valence-electron chi connectivity index (χ2n) is 5.41. The van der Waals surface area contributed by atoms with Crippen molar-refractivity contribution in [2.75, 3.05) is 0 Å². The van der Waals surface area contributed by atoms with Gasteiger partial charge in [-0.3, -0.25) is 4.79 Å². The number of amides is 1. The lowest BCUT2D eigenvalue weighted by Crippen LogP contribution is -2.45. The third kappa shape index (κ3) is 3.69. The van der Waals surface area contributed by atoms with Gasteiger partial charge in [0.1, 0.15) is 5.75 Å². The van der Waals surface area contributed by atoms with E-state index in [1.807, 2.05) is 30.3 Å². The third-order valence-corrected chi connectivity index (χ3v) is 3.79. The van der Waals surface area contributed by atoms with E-state index in [9.17, 15) is 9.90 Å². The maximum absolute atomic E-state index is 12.6. The molecule has 0 saturated carbocycles. The monoisotopic (exact) mass is 307 g/mol. The SMILES string of the molecule is C=CCC(CC=C)(NC(=O)c1ccccc1)c1ccccc1O. The van der Waals surface area contributed by atoms with Gasteiger partial charge in [-0.25, -0.2) is 0 Å². The highest BCUT2D eigenvalue weighted by Gasteiger charge is 2.34. The van der Waals surface area contributed by atoms with Crippen molar-refractivity contribution in [3.8, 4) is 5.75 Å². The number of rotatable bonds is 7. The molecule has 3 nitrogen and oxygen atoms in total. The smallest absolute Gasteiger partial charge is 0.251 e.